The third kappa shape index (κ3) is 5.30. The van der Waals surface area contributed by atoms with Crippen molar-refractivity contribution in [1.82, 2.24) is 3.97 Å². The second-order valence-electron chi connectivity index (χ2n) is 6.46. The number of amides is 2. The van der Waals surface area contributed by atoms with Gasteiger partial charge in [-0.25, -0.2) is 12.4 Å². The molecule has 3 rings (SSSR count). The first kappa shape index (κ1) is 23.4. The Bertz CT molecular complexity index is 1440. The monoisotopic (exact) mass is 494 g/mol. The molecule has 3 aromatic rings. The van der Waals surface area contributed by atoms with E-state index in [1.807, 2.05) is 0 Å². The van der Waals surface area contributed by atoms with Crippen LogP contribution in [0.1, 0.15) is 13.8 Å². The molecule has 0 fully saturated rings. The SMILES string of the molecule is CC(=O)Nc1ccc(S(=O)(=O)/N=c2\sccn2S(=O)(=O)c2ccc(NC(C)=O)cc2)cc1. The molecule has 168 valence electrons. The molecule has 0 unspecified atom stereocenters. The standard InChI is InChI=1S/C19H18N4O6S3/c1-13(24)20-15-3-7-17(8-4-15)31(26,27)22-19-23(11-12-30-19)32(28,29)18-9-5-16(6-10-18)21-14(2)25/h3-12H,1-2H3,(H,20,24)(H,21,25)/b22-19-. The average Bonchev–Trinajstić information content (AvgIpc) is 3.16. The third-order valence-corrected chi connectivity index (χ3v) is 7.91. The zero-order chi connectivity index (χ0) is 23.5. The van der Waals surface area contributed by atoms with E-state index in [1.54, 1.807) is 0 Å². The van der Waals surface area contributed by atoms with Crippen LogP contribution in [0, 0.1) is 0 Å². The van der Waals surface area contributed by atoms with Gasteiger partial charge in [0.05, 0.1) is 9.79 Å². The molecule has 0 radical (unpaired) electrons. The lowest BCUT2D eigenvalue weighted by Crippen LogP contribution is -2.24. The summed E-state index contributed by atoms with van der Waals surface area (Å²) in [5, 5.41) is 6.46. The number of nitrogens with zero attached hydrogens (tertiary/aromatic N) is 2. The number of nitrogens with one attached hydrogen (secondary N) is 2. The number of thiazole rings is 1. The van der Waals surface area contributed by atoms with Crippen LogP contribution in [0.5, 0.6) is 0 Å². The Morgan fingerprint density at radius 1 is 0.812 bits per heavy atom. The first-order valence-electron chi connectivity index (χ1n) is 8.97. The minimum Gasteiger partial charge on any atom is -0.326 e. The molecule has 2 amide bonds. The van der Waals surface area contributed by atoms with Gasteiger partial charge < -0.3 is 10.6 Å². The van der Waals surface area contributed by atoms with Crippen molar-refractivity contribution in [2.24, 2.45) is 4.40 Å². The lowest BCUT2D eigenvalue weighted by atomic mass is 10.3. The number of anilines is 2. The predicted octanol–water partition coefficient (Wildman–Crippen LogP) is 1.99. The summed E-state index contributed by atoms with van der Waals surface area (Å²) in [6.45, 7) is 2.65. The van der Waals surface area contributed by atoms with E-state index in [9.17, 15) is 26.4 Å². The van der Waals surface area contributed by atoms with Crippen molar-refractivity contribution in [2.75, 3.05) is 10.6 Å². The van der Waals surface area contributed by atoms with Crippen LogP contribution in [-0.4, -0.2) is 32.6 Å². The first-order valence-corrected chi connectivity index (χ1v) is 12.7. The van der Waals surface area contributed by atoms with Gasteiger partial charge in [0.2, 0.25) is 16.6 Å². The molecule has 0 aliphatic rings. The molecule has 0 saturated heterocycles. The van der Waals surface area contributed by atoms with Crippen LogP contribution >= 0.6 is 11.3 Å². The Morgan fingerprint density at radius 2 is 1.28 bits per heavy atom. The van der Waals surface area contributed by atoms with Gasteiger partial charge >= 0.3 is 0 Å². The quantitative estimate of drug-likeness (QED) is 0.536. The summed E-state index contributed by atoms with van der Waals surface area (Å²) >= 11 is 0.840. The van der Waals surface area contributed by atoms with E-state index < -0.39 is 20.0 Å². The second-order valence-corrected chi connectivity index (χ2v) is 10.8. The highest BCUT2D eigenvalue weighted by molar-refractivity contribution is 7.90. The van der Waals surface area contributed by atoms with Crippen LogP contribution < -0.4 is 15.4 Å². The van der Waals surface area contributed by atoms with Crippen molar-refractivity contribution < 1.29 is 26.4 Å². The Labute approximate surface area is 188 Å². The highest BCUT2D eigenvalue weighted by Crippen LogP contribution is 2.18. The fraction of sp³-hybridized carbons (Fsp3) is 0.105. The van der Waals surface area contributed by atoms with E-state index in [0.29, 0.717) is 11.4 Å². The Kier molecular flexibility index (Phi) is 6.62. The molecule has 2 N–H and O–H groups in total. The van der Waals surface area contributed by atoms with Crippen LogP contribution in [-0.2, 0) is 29.6 Å². The minimum atomic E-state index is -4.22. The van der Waals surface area contributed by atoms with Crippen LogP contribution in [0.25, 0.3) is 0 Å². The normalized spacial score (nSPS) is 12.4. The number of carbonyl (C=O) groups excluding carboxylic acids is 2. The molecule has 10 nitrogen and oxygen atoms in total. The van der Waals surface area contributed by atoms with Crippen molar-refractivity contribution in [1.29, 1.82) is 0 Å². The molecule has 0 spiro atoms. The molecule has 32 heavy (non-hydrogen) atoms. The zero-order valence-corrected chi connectivity index (χ0v) is 19.3. The topological polar surface area (TPSA) is 144 Å². The van der Waals surface area contributed by atoms with E-state index in [-0.39, 0.29) is 26.4 Å². The fourth-order valence-corrected chi connectivity index (χ4v) is 6.14. The minimum absolute atomic E-state index is 0.108. The number of carbonyl (C=O) groups is 2. The molecule has 2 aromatic carbocycles. The first-order chi connectivity index (χ1) is 15.0. The molecule has 0 aliphatic heterocycles. The van der Waals surface area contributed by atoms with Crippen LogP contribution in [0.2, 0.25) is 0 Å². The lowest BCUT2D eigenvalue weighted by Gasteiger charge is -2.07. The number of aromatic nitrogens is 1. The fourth-order valence-electron chi connectivity index (χ4n) is 2.60. The highest BCUT2D eigenvalue weighted by atomic mass is 32.2. The largest absolute Gasteiger partial charge is 0.326 e. The Hall–Kier alpha value is -3.29. The predicted molar refractivity (Wildman–Crippen MR) is 119 cm³/mol. The summed E-state index contributed by atoms with van der Waals surface area (Å²) < 4.78 is 55.9. The van der Waals surface area contributed by atoms with Gasteiger partial charge in [0.1, 0.15) is 0 Å². The molecule has 0 bridgehead atoms. The summed E-state index contributed by atoms with van der Waals surface area (Å²) in [7, 11) is -8.36. The van der Waals surface area contributed by atoms with Crippen LogP contribution in [0.4, 0.5) is 11.4 Å². The number of sulfonamides is 1. The van der Waals surface area contributed by atoms with Crippen molar-refractivity contribution in [2.45, 2.75) is 23.6 Å². The number of rotatable bonds is 6. The molecule has 13 heteroatoms. The Balaban J connectivity index is 1.97. The second kappa shape index (κ2) is 9.06. The Morgan fingerprint density at radius 3 is 1.75 bits per heavy atom. The summed E-state index contributed by atoms with van der Waals surface area (Å²) in [6.07, 6.45) is 1.20. The highest BCUT2D eigenvalue weighted by Gasteiger charge is 2.20. The lowest BCUT2D eigenvalue weighted by molar-refractivity contribution is -0.115. The van der Waals surface area contributed by atoms with E-state index >= 15 is 0 Å². The van der Waals surface area contributed by atoms with Crippen molar-refractivity contribution in [3.8, 4) is 0 Å². The molecule has 0 atom stereocenters. The summed E-state index contributed by atoms with van der Waals surface area (Å²) in [5.74, 6) is -0.607. The number of benzene rings is 2. The van der Waals surface area contributed by atoms with E-state index in [1.165, 1.54) is 74.0 Å². The van der Waals surface area contributed by atoms with E-state index in [2.05, 4.69) is 15.0 Å². The van der Waals surface area contributed by atoms with Gasteiger partial charge in [-0.05, 0) is 48.5 Å². The van der Waals surface area contributed by atoms with Gasteiger partial charge in [0.15, 0.2) is 0 Å². The van der Waals surface area contributed by atoms with Gasteiger partial charge in [0, 0.05) is 36.8 Å². The van der Waals surface area contributed by atoms with Crippen LogP contribution in [0.15, 0.2) is 74.3 Å². The van der Waals surface area contributed by atoms with E-state index in [4.69, 9.17) is 0 Å². The molecule has 1 heterocycles. The van der Waals surface area contributed by atoms with Crippen molar-refractivity contribution in [3.63, 3.8) is 0 Å². The van der Waals surface area contributed by atoms with Crippen molar-refractivity contribution >= 4 is 54.6 Å². The maximum Gasteiger partial charge on any atom is 0.285 e. The molecule has 0 saturated carbocycles. The smallest absolute Gasteiger partial charge is 0.285 e. The maximum atomic E-state index is 13.0. The third-order valence-electron chi connectivity index (χ3n) is 3.96. The molecular formula is C19H18N4O6S3. The maximum absolute atomic E-state index is 13.0. The van der Waals surface area contributed by atoms with Gasteiger partial charge in [-0.3, -0.25) is 9.59 Å². The van der Waals surface area contributed by atoms with Gasteiger partial charge in [0.25, 0.3) is 20.0 Å². The average molecular weight is 495 g/mol. The van der Waals surface area contributed by atoms with Gasteiger partial charge in [-0.1, -0.05) is 0 Å². The number of hydrogen-bond acceptors (Lipinski definition) is 7. The van der Waals surface area contributed by atoms with Gasteiger partial charge in [-0.15, -0.1) is 15.7 Å². The summed E-state index contributed by atoms with van der Waals surface area (Å²) in [4.78, 5) is 21.7. The zero-order valence-electron chi connectivity index (χ0n) is 16.8. The van der Waals surface area contributed by atoms with Gasteiger partial charge in [-0.2, -0.15) is 8.42 Å². The van der Waals surface area contributed by atoms with Crippen molar-refractivity contribution in [3.05, 3.63) is 64.9 Å². The molecule has 1 aromatic heterocycles. The molecule has 0 aliphatic carbocycles. The summed E-state index contributed by atoms with van der Waals surface area (Å²) in [5.41, 5.74) is 0.829. The number of hydrogen-bond donors (Lipinski definition) is 2. The van der Waals surface area contributed by atoms with Crippen LogP contribution in [0.3, 0.4) is 0 Å². The summed E-state index contributed by atoms with van der Waals surface area (Å²) in [6, 6.07) is 10.8. The van der Waals surface area contributed by atoms with E-state index in [0.717, 1.165) is 15.3 Å². The molecular weight excluding hydrogens is 476 g/mol.